The SMILES string of the molecule is C#C.CC.CC(=O)/C(Nc1csc(S(=O)N(C)C)c1O)=C(\C)NCc1cc(C(C)C)co1.CO. The van der Waals surface area contributed by atoms with E-state index in [1.165, 1.54) is 22.6 Å². The number of anilines is 1. The van der Waals surface area contributed by atoms with Crippen LogP contribution >= 0.6 is 11.3 Å². The molecule has 34 heavy (non-hydrogen) atoms. The van der Waals surface area contributed by atoms with Gasteiger partial charge in [0.2, 0.25) is 0 Å². The van der Waals surface area contributed by atoms with E-state index < -0.39 is 11.0 Å². The van der Waals surface area contributed by atoms with E-state index in [-0.39, 0.29) is 11.5 Å². The molecule has 2 aromatic rings. The standard InChI is InChI=1S/C19H27N3O4S2.C2H6.C2H2.CH4O/c1-11(2)14-7-15(26-9-14)8-20-12(3)17(13(4)23)21-16-10-27-19(18(16)24)28(25)22(5)6;3*1-2/h7,9-11,20-21,24H,8H2,1-6H3;1-2H3;1-2H;2H,1H3/b17-12-;;;. The maximum atomic E-state index is 12.2. The van der Waals surface area contributed by atoms with E-state index in [1.807, 2.05) is 19.9 Å². The van der Waals surface area contributed by atoms with Gasteiger partial charge >= 0.3 is 0 Å². The van der Waals surface area contributed by atoms with Gasteiger partial charge < -0.3 is 25.3 Å². The van der Waals surface area contributed by atoms with E-state index in [4.69, 9.17) is 9.52 Å². The summed E-state index contributed by atoms with van der Waals surface area (Å²) in [5.74, 6) is 0.851. The van der Waals surface area contributed by atoms with Crippen molar-refractivity contribution in [2.45, 2.75) is 58.2 Å². The summed E-state index contributed by atoms with van der Waals surface area (Å²) in [6.07, 6.45) is 9.74. The molecule has 0 radical (unpaired) electrons. The predicted molar refractivity (Wildman–Crippen MR) is 142 cm³/mol. The summed E-state index contributed by atoms with van der Waals surface area (Å²) < 4.78 is 19.6. The fourth-order valence-corrected chi connectivity index (χ4v) is 4.54. The van der Waals surface area contributed by atoms with Gasteiger partial charge in [0.15, 0.2) is 15.7 Å². The fraction of sp³-hybridized carbons (Fsp3) is 0.458. The molecule has 0 saturated heterocycles. The molecule has 0 saturated carbocycles. The van der Waals surface area contributed by atoms with E-state index in [1.54, 1.807) is 32.7 Å². The summed E-state index contributed by atoms with van der Waals surface area (Å²) in [5, 5.41) is 25.2. The molecule has 0 spiro atoms. The average molecular weight is 514 g/mol. The van der Waals surface area contributed by atoms with E-state index >= 15 is 0 Å². The Morgan fingerprint density at radius 2 is 1.79 bits per heavy atom. The molecule has 2 rings (SSSR count). The molecule has 0 amide bonds. The lowest BCUT2D eigenvalue weighted by Crippen LogP contribution is -2.19. The normalized spacial score (nSPS) is 11.6. The van der Waals surface area contributed by atoms with Crippen LogP contribution in [0.3, 0.4) is 0 Å². The molecule has 0 aliphatic rings. The highest BCUT2D eigenvalue weighted by Gasteiger charge is 2.20. The van der Waals surface area contributed by atoms with Crippen molar-refractivity contribution in [1.29, 1.82) is 0 Å². The van der Waals surface area contributed by atoms with E-state index in [0.717, 1.165) is 18.4 Å². The van der Waals surface area contributed by atoms with Crippen LogP contribution in [0.2, 0.25) is 0 Å². The van der Waals surface area contributed by atoms with Crippen LogP contribution in [0.1, 0.15) is 58.8 Å². The summed E-state index contributed by atoms with van der Waals surface area (Å²) in [6, 6.07) is 1.99. The highest BCUT2D eigenvalue weighted by molar-refractivity contribution is 7.85. The van der Waals surface area contributed by atoms with Gasteiger partial charge in [-0.15, -0.1) is 24.2 Å². The topological polar surface area (TPSA) is 115 Å². The highest BCUT2D eigenvalue weighted by Crippen LogP contribution is 2.38. The second-order valence-electron chi connectivity index (χ2n) is 6.88. The van der Waals surface area contributed by atoms with Crippen LogP contribution in [0.15, 0.2) is 37.7 Å². The van der Waals surface area contributed by atoms with Crippen LogP contribution < -0.4 is 10.6 Å². The number of nitrogens with zero attached hydrogens (tertiary/aromatic N) is 1. The third kappa shape index (κ3) is 10.1. The molecule has 10 heteroatoms. The van der Waals surface area contributed by atoms with E-state index in [2.05, 4.69) is 37.3 Å². The highest BCUT2D eigenvalue weighted by atomic mass is 32.2. The number of aliphatic hydroxyl groups excluding tert-OH is 1. The molecule has 0 aliphatic carbocycles. The maximum Gasteiger partial charge on any atom is 0.177 e. The number of allylic oxidation sites excluding steroid dienone is 2. The maximum absolute atomic E-state index is 12.2. The summed E-state index contributed by atoms with van der Waals surface area (Å²) in [5.41, 5.74) is 2.41. The van der Waals surface area contributed by atoms with Crippen LogP contribution in [0, 0.1) is 12.8 Å². The first-order chi connectivity index (χ1) is 16.1. The van der Waals surface area contributed by atoms with Crippen molar-refractivity contribution in [3.8, 4) is 18.6 Å². The zero-order valence-electron chi connectivity index (χ0n) is 21.6. The number of carbonyl (C=O) groups excluding carboxylic acids is 1. The number of thiophene rings is 1. The van der Waals surface area contributed by atoms with E-state index in [0.29, 0.717) is 33.8 Å². The molecule has 8 nitrogen and oxygen atoms in total. The Kier molecular flexibility index (Phi) is 17.6. The molecule has 0 aliphatic heterocycles. The number of aliphatic hydroxyl groups is 1. The minimum absolute atomic E-state index is 0.115. The second-order valence-corrected chi connectivity index (χ2v) is 9.66. The third-order valence-electron chi connectivity index (χ3n) is 4.08. The number of hydrogen-bond acceptors (Lipinski definition) is 8. The minimum Gasteiger partial charge on any atom is -0.504 e. The fourth-order valence-electron chi connectivity index (χ4n) is 2.39. The first-order valence-corrected chi connectivity index (χ1v) is 12.6. The Morgan fingerprint density at radius 3 is 2.24 bits per heavy atom. The van der Waals surface area contributed by atoms with Crippen LogP contribution in [0.5, 0.6) is 5.75 Å². The molecule has 1 atom stereocenters. The molecule has 2 aromatic heterocycles. The number of terminal acetylenes is 1. The van der Waals surface area contributed by atoms with Gasteiger partial charge in [0.05, 0.1) is 18.5 Å². The zero-order chi connectivity index (χ0) is 27.0. The number of hydrogen-bond donors (Lipinski definition) is 4. The first kappa shape index (κ1) is 33.6. The number of Topliss-reactive ketones (excluding diaryl/α,β-unsaturated/α-hetero) is 1. The Bertz CT molecular complexity index is 944. The molecule has 0 aromatic carbocycles. The van der Waals surface area contributed by atoms with Crippen molar-refractivity contribution in [2.75, 3.05) is 26.5 Å². The number of rotatable bonds is 9. The molecule has 2 heterocycles. The van der Waals surface area contributed by atoms with Crippen molar-refractivity contribution in [3.63, 3.8) is 0 Å². The van der Waals surface area contributed by atoms with Gasteiger partial charge in [0, 0.05) is 25.1 Å². The summed E-state index contributed by atoms with van der Waals surface area (Å²) in [4.78, 5) is 12.1. The number of carbonyl (C=O) groups is 1. The predicted octanol–water partition coefficient (Wildman–Crippen LogP) is 4.66. The van der Waals surface area contributed by atoms with Crippen molar-refractivity contribution < 1.29 is 23.6 Å². The summed E-state index contributed by atoms with van der Waals surface area (Å²) in [7, 11) is 2.87. The Morgan fingerprint density at radius 1 is 1.24 bits per heavy atom. The van der Waals surface area contributed by atoms with Gasteiger partial charge in [-0.1, -0.05) is 27.7 Å². The number of ketones is 1. The van der Waals surface area contributed by atoms with Gasteiger partial charge in [-0.2, -0.15) is 0 Å². The molecular weight excluding hydrogens is 474 g/mol. The van der Waals surface area contributed by atoms with Crippen molar-refractivity contribution in [1.82, 2.24) is 9.62 Å². The van der Waals surface area contributed by atoms with Crippen molar-refractivity contribution >= 4 is 33.8 Å². The largest absolute Gasteiger partial charge is 0.504 e. The molecule has 1 unspecified atom stereocenters. The van der Waals surface area contributed by atoms with Gasteiger partial charge in [0.25, 0.3) is 0 Å². The Hall–Kier alpha value is -2.58. The summed E-state index contributed by atoms with van der Waals surface area (Å²) in [6.45, 7) is 11.8. The zero-order valence-corrected chi connectivity index (χ0v) is 23.2. The van der Waals surface area contributed by atoms with Crippen molar-refractivity contribution in [2.24, 2.45) is 0 Å². The van der Waals surface area contributed by atoms with E-state index in [9.17, 15) is 14.1 Å². The third-order valence-corrected chi connectivity index (χ3v) is 6.73. The number of furan rings is 1. The molecule has 192 valence electrons. The lowest BCUT2D eigenvalue weighted by molar-refractivity contribution is -0.113. The minimum atomic E-state index is -1.46. The average Bonchev–Trinajstić information content (AvgIpc) is 3.46. The molecule has 0 bridgehead atoms. The Labute approximate surface area is 210 Å². The molecular formula is C24H39N3O5S2. The lowest BCUT2D eigenvalue weighted by Gasteiger charge is -2.13. The molecule has 0 fully saturated rings. The monoisotopic (exact) mass is 513 g/mol. The number of aromatic hydroxyl groups is 1. The Balaban J connectivity index is 0. The number of nitrogens with one attached hydrogen (secondary N) is 2. The van der Waals surface area contributed by atoms with Crippen LogP contribution in [-0.4, -0.2) is 45.7 Å². The summed E-state index contributed by atoms with van der Waals surface area (Å²) >= 11 is 1.17. The smallest absolute Gasteiger partial charge is 0.177 e. The first-order valence-electron chi connectivity index (χ1n) is 10.6. The van der Waals surface area contributed by atoms with Gasteiger partial charge in [0.1, 0.15) is 22.4 Å². The quantitative estimate of drug-likeness (QED) is 0.285. The lowest BCUT2D eigenvalue weighted by atomic mass is 10.1. The van der Waals surface area contributed by atoms with Gasteiger partial charge in [-0.25, -0.2) is 8.51 Å². The van der Waals surface area contributed by atoms with Gasteiger partial charge in [-0.3, -0.25) is 4.79 Å². The van der Waals surface area contributed by atoms with Crippen LogP contribution in [-0.2, 0) is 22.3 Å². The van der Waals surface area contributed by atoms with Crippen LogP contribution in [0.25, 0.3) is 0 Å². The van der Waals surface area contributed by atoms with Crippen LogP contribution in [0.4, 0.5) is 5.69 Å². The second kappa shape index (κ2) is 17.8. The van der Waals surface area contributed by atoms with Crippen molar-refractivity contribution in [3.05, 3.63) is 40.4 Å². The molecule has 4 N–H and O–H groups in total. The van der Waals surface area contributed by atoms with Gasteiger partial charge in [-0.05, 0) is 38.6 Å².